The summed E-state index contributed by atoms with van der Waals surface area (Å²) in [5, 5.41) is 3.21. The SMILES string of the molecule is CC(=O)O[C@H]1CC[C@@]2(C)C(=CC[C@@H]3[C@@H]2CC[C@]2(C)[C@@H](C(=O)Nc4ccccc4)CC[C@@]32C)C1. The summed E-state index contributed by atoms with van der Waals surface area (Å²) in [5.41, 5.74) is 2.82. The van der Waals surface area contributed by atoms with Crippen molar-refractivity contribution in [2.24, 2.45) is 34.0 Å². The molecule has 0 radical (unpaired) electrons. The lowest BCUT2D eigenvalue weighted by Gasteiger charge is -2.62. The van der Waals surface area contributed by atoms with Crippen molar-refractivity contribution in [1.82, 2.24) is 0 Å². The first-order chi connectivity index (χ1) is 15.7. The molecule has 0 unspecified atom stereocenters. The number of amides is 1. The number of anilines is 1. The molecule has 1 N–H and O–H groups in total. The smallest absolute Gasteiger partial charge is 0.302 e. The summed E-state index contributed by atoms with van der Waals surface area (Å²) in [4.78, 5) is 24.9. The van der Waals surface area contributed by atoms with Crippen molar-refractivity contribution in [2.75, 3.05) is 5.32 Å². The molecule has 5 rings (SSSR count). The van der Waals surface area contributed by atoms with E-state index >= 15 is 0 Å². The number of hydrogen-bond donors (Lipinski definition) is 1. The van der Waals surface area contributed by atoms with E-state index in [2.05, 4.69) is 32.2 Å². The molecule has 4 nitrogen and oxygen atoms in total. The van der Waals surface area contributed by atoms with Crippen LogP contribution in [0.15, 0.2) is 42.0 Å². The number of allylic oxidation sites excluding steroid dienone is 1. The number of para-hydroxylation sites is 1. The van der Waals surface area contributed by atoms with Gasteiger partial charge in [0.2, 0.25) is 5.91 Å². The van der Waals surface area contributed by atoms with Gasteiger partial charge in [0.25, 0.3) is 0 Å². The zero-order valence-electron chi connectivity index (χ0n) is 20.7. The van der Waals surface area contributed by atoms with E-state index in [-0.39, 0.29) is 40.1 Å². The first-order valence-electron chi connectivity index (χ1n) is 12.9. The second kappa shape index (κ2) is 7.99. The molecule has 4 aliphatic carbocycles. The van der Waals surface area contributed by atoms with Crippen LogP contribution in [0.3, 0.4) is 0 Å². The summed E-state index contributed by atoms with van der Waals surface area (Å²) in [6, 6.07) is 9.89. The van der Waals surface area contributed by atoms with Gasteiger partial charge in [-0.1, -0.05) is 50.6 Å². The molecule has 0 aromatic heterocycles. The van der Waals surface area contributed by atoms with Crippen LogP contribution < -0.4 is 5.32 Å². The molecule has 0 aliphatic heterocycles. The van der Waals surface area contributed by atoms with Gasteiger partial charge < -0.3 is 10.1 Å². The number of nitrogens with one attached hydrogen (secondary N) is 1. The maximum Gasteiger partial charge on any atom is 0.302 e. The van der Waals surface area contributed by atoms with Gasteiger partial charge in [-0.15, -0.1) is 0 Å². The minimum Gasteiger partial charge on any atom is -0.462 e. The van der Waals surface area contributed by atoms with Gasteiger partial charge >= 0.3 is 5.97 Å². The summed E-state index contributed by atoms with van der Waals surface area (Å²) >= 11 is 0. The Morgan fingerprint density at radius 3 is 2.39 bits per heavy atom. The summed E-state index contributed by atoms with van der Waals surface area (Å²) in [7, 11) is 0. The minimum atomic E-state index is -0.162. The van der Waals surface area contributed by atoms with Crippen molar-refractivity contribution < 1.29 is 14.3 Å². The highest BCUT2D eigenvalue weighted by molar-refractivity contribution is 5.93. The van der Waals surface area contributed by atoms with Crippen molar-refractivity contribution in [3.63, 3.8) is 0 Å². The van der Waals surface area contributed by atoms with Crippen LogP contribution in [0, 0.1) is 34.0 Å². The second-order valence-electron chi connectivity index (χ2n) is 11.9. The molecule has 4 aliphatic rings. The Bertz CT molecular complexity index is 970. The Balaban J connectivity index is 1.38. The molecule has 0 bridgehead atoms. The van der Waals surface area contributed by atoms with Gasteiger partial charge in [0, 0.05) is 24.9 Å². The van der Waals surface area contributed by atoms with Crippen molar-refractivity contribution in [3.8, 4) is 0 Å². The molecule has 3 fully saturated rings. The predicted octanol–water partition coefficient (Wildman–Crippen LogP) is 6.53. The third-order valence-corrected chi connectivity index (χ3v) is 10.6. The van der Waals surface area contributed by atoms with E-state index in [1.54, 1.807) is 0 Å². The molecule has 0 spiro atoms. The van der Waals surface area contributed by atoms with Crippen LogP contribution in [0.2, 0.25) is 0 Å². The van der Waals surface area contributed by atoms with E-state index in [9.17, 15) is 9.59 Å². The lowest BCUT2D eigenvalue weighted by molar-refractivity contribution is -0.150. The van der Waals surface area contributed by atoms with Crippen LogP contribution >= 0.6 is 0 Å². The Hall–Kier alpha value is -2.10. The van der Waals surface area contributed by atoms with Crippen LogP contribution in [0.25, 0.3) is 0 Å². The molecule has 3 saturated carbocycles. The fourth-order valence-electron chi connectivity index (χ4n) is 8.52. The summed E-state index contributed by atoms with van der Waals surface area (Å²) < 4.78 is 5.59. The number of carbonyl (C=O) groups excluding carboxylic acids is 2. The van der Waals surface area contributed by atoms with Crippen molar-refractivity contribution in [1.29, 1.82) is 0 Å². The van der Waals surface area contributed by atoms with Gasteiger partial charge in [-0.3, -0.25) is 9.59 Å². The molecule has 1 aromatic carbocycles. The largest absolute Gasteiger partial charge is 0.462 e. The van der Waals surface area contributed by atoms with E-state index < -0.39 is 0 Å². The van der Waals surface area contributed by atoms with Crippen LogP contribution in [-0.2, 0) is 14.3 Å². The predicted molar refractivity (Wildman–Crippen MR) is 130 cm³/mol. The van der Waals surface area contributed by atoms with Crippen LogP contribution in [0.5, 0.6) is 0 Å². The third kappa shape index (κ3) is 3.47. The molecule has 33 heavy (non-hydrogen) atoms. The molecule has 0 heterocycles. The van der Waals surface area contributed by atoms with E-state index in [4.69, 9.17) is 4.74 Å². The second-order valence-corrected chi connectivity index (χ2v) is 11.9. The van der Waals surface area contributed by atoms with E-state index in [0.29, 0.717) is 11.8 Å². The fraction of sp³-hybridized carbons (Fsp3) is 0.655. The maximum atomic E-state index is 13.4. The number of hydrogen-bond acceptors (Lipinski definition) is 3. The van der Waals surface area contributed by atoms with E-state index in [1.165, 1.54) is 18.9 Å². The maximum absolute atomic E-state index is 13.4. The molecule has 1 amide bonds. The van der Waals surface area contributed by atoms with E-state index in [0.717, 1.165) is 50.6 Å². The van der Waals surface area contributed by atoms with Gasteiger partial charge in [-0.05, 0) is 85.2 Å². The zero-order valence-corrected chi connectivity index (χ0v) is 20.7. The van der Waals surface area contributed by atoms with Gasteiger partial charge in [-0.25, -0.2) is 0 Å². The Labute approximate surface area is 198 Å². The number of rotatable bonds is 3. The highest BCUT2D eigenvalue weighted by Crippen LogP contribution is 2.71. The number of fused-ring (bicyclic) bond motifs is 5. The summed E-state index contributed by atoms with van der Waals surface area (Å²) in [5.74, 6) is 1.38. The van der Waals surface area contributed by atoms with Gasteiger partial charge in [-0.2, -0.15) is 0 Å². The molecule has 4 heteroatoms. The topological polar surface area (TPSA) is 55.4 Å². The minimum absolute atomic E-state index is 0.0314. The van der Waals surface area contributed by atoms with Crippen LogP contribution in [0.4, 0.5) is 5.69 Å². The lowest BCUT2D eigenvalue weighted by Crippen LogP contribution is -2.56. The lowest BCUT2D eigenvalue weighted by atomic mass is 9.42. The molecule has 7 atom stereocenters. The van der Waals surface area contributed by atoms with Gasteiger partial charge in [0.1, 0.15) is 6.10 Å². The molecular weight excluding hydrogens is 410 g/mol. The third-order valence-electron chi connectivity index (χ3n) is 10.6. The highest BCUT2D eigenvalue weighted by Gasteiger charge is 2.65. The number of benzene rings is 1. The quantitative estimate of drug-likeness (QED) is 0.422. The average molecular weight is 450 g/mol. The first kappa shape index (κ1) is 22.7. The van der Waals surface area contributed by atoms with Crippen molar-refractivity contribution in [2.45, 2.75) is 85.2 Å². The standard InChI is InChI=1S/C29H39NO3/c1-19(31)33-22-12-15-27(2)20(18-22)10-11-24-23(27)13-16-29(4)25(14-17-28(24,29)3)26(32)30-21-8-6-5-7-9-21/h5-10,22-25H,11-18H2,1-4H3,(H,30,32)/t22-,23-,24+,25+,27-,28-,29+/m0/s1. The van der Waals surface area contributed by atoms with E-state index in [1.807, 2.05) is 30.3 Å². The zero-order chi connectivity index (χ0) is 23.4. The average Bonchev–Trinajstić information content (AvgIpc) is 3.06. The van der Waals surface area contributed by atoms with Gasteiger partial charge in [0.05, 0.1) is 0 Å². The highest BCUT2D eigenvalue weighted by atomic mass is 16.5. The molecule has 1 aromatic rings. The number of ether oxygens (including phenoxy) is 1. The molecule has 0 saturated heterocycles. The Morgan fingerprint density at radius 1 is 0.939 bits per heavy atom. The molecular formula is C29H39NO3. The Kier molecular flexibility index (Phi) is 5.49. The monoisotopic (exact) mass is 449 g/mol. The van der Waals surface area contributed by atoms with Crippen molar-refractivity contribution >= 4 is 17.6 Å². The summed E-state index contributed by atoms with van der Waals surface area (Å²) in [6.07, 6.45) is 11.0. The Morgan fingerprint density at radius 2 is 1.67 bits per heavy atom. The number of esters is 1. The normalized spacial score (nSPS) is 41.8. The van der Waals surface area contributed by atoms with Gasteiger partial charge in [0.15, 0.2) is 0 Å². The molecule has 178 valence electrons. The van der Waals surface area contributed by atoms with Crippen LogP contribution in [0.1, 0.15) is 79.1 Å². The fourth-order valence-corrected chi connectivity index (χ4v) is 8.52. The number of carbonyl (C=O) groups is 2. The van der Waals surface area contributed by atoms with Crippen molar-refractivity contribution in [3.05, 3.63) is 42.0 Å². The van der Waals surface area contributed by atoms with Crippen LogP contribution in [-0.4, -0.2) is 18.0 Å². The first-order valence-corrected chi connectivity index (χ1v) is 12.9. The summed E-state index contributed by atoms with van der Waals surface area (Å²) in [6.45, 7) is 8.89.